The summed E-state index contributed by atoms with van der Waals surface area (Å²) in [6.45, 7) is 1.67. The van der Waals surface area contributed by atoms with Crippen molar-refractivity contribution in [1.82, 2.24) is 5.01 Å². The van der Waals surface area contributed by atoms with Gasteiger partial charge >= 0.3 is 0 Å². The van der Waals surface area contributed by atoms with Crippen molar-refractivity contribution in [3.63, 3.8) is 0 Å². The highest BCUT2D eigenvalue weighted by Gasteiger charge is 2.24. The van der Waals surface area contributed by atoms with Gasteiger partial charge in [-0.1, -0.05) is 24.4 Å². The van der Waals surface area contributed by atoms with E-state index >= 15 is 0 Å². The van der Waals surface area contributed by atoms with Crippen LogP contribution in [0.4, 0.5) is 0 Å². The molecule has 5 N–H and O–H groups in total. The minimum absolute atomic E-state index is 0.213. The van der Waals surface area contributed by atoms with Crippen LogP contribution in [0.3, 0.4) is 0 Å². The fraction of sp³-hybridized carbons (Fsp3) is 0.778. The molecule has 1 rings (SSSR count). The zero-order valence-corrected chi connectivity index (χ0v) is 9.06. The molecule has 0 atom stereocenters. The third kappa shape index (κ3) is 2.82. The van der Waals surface area contributed by atoms with Crippen LogP contribution in [0.5, 0.6) is 0 Å². The van der Waals surface area contributed by atoms with E-state index in [1.807, 2.05) is 0 Å². The summed E-state index contributed by atoms with van der Waals surface area (Å²) in [4.78, 5) is 0. The Morgan fingerprint density at radius 2 is 1.93 bits per heavy atom. The Bertz CT molecular complexity index is 257. The van der Waals surface area contributed by atoms with Gasteiger partial charge in [0.15, 0.2) is 5.84 Å². The lowest BCUT2D eigenvalue weighted by atomic mass is 9.88. The van der Waals surface area contributed by atoms with Crippen molar-refractivity contribution >= 4 is 11.7 Å². The molecular weight excluding hydrogens is 194 g/mol. The van der Waals surface area contributed by atoms with Crippen molar-refractivity contribution in [3.8, 4) is 0 Å². The summed E-state index contributed by atoms with van der Waals surface area (Å²) < 4.78 is 0. The van der Waals surface area contributed by atoms with Crippen LogP contribution in [0.25, 0.3) is 0 Å². The molecule has 1 aliphatic carbocycles. The van der Waals surface area contributed by atoms with Gasteiger partial charge in [-0.3, -0.25) is 0 Å². The van der Waals surface area contributed by atoms with Gasteiger partial charge in [0, 0.05) is 5.92 Å². The van der Waals surface area contributed by atoms with Gasteiger partial charge < -0.3 is 11.0 Å². The van der Waals surface area contributed by atoms with Crippen LogP contribution < -0.4 is 11.7 Å². The van der Waals surface area contributed by atoms with Crippen molar-refractivity contribution in [2.24, 2.45) is 27.9 Å². The molecule has 0 radical (unpaired) electrons. The lowest BCUT2D eigenvalue weighted by Gasteiger charge is -2.27. The zero-order valence-electron chi connectivity index (χ0n) is 9.06. The number of nitrogens with zero attached hydrogens (tertiary/aromatic N) is 3. The highest BCUT2D eigenvalue weighted by Crippen LogP contribution is 2.25. The molecule has 6 heteroatoms. The molecule has 86 valence electrons. The first kappa shape index (κ1) is 11.8. The number of oxime groups is 1. The monoisotopic (exact) mass is 213 g/mol. The summed E-state index contributed by atoms with van der Waals surface area (Å²) in [5.74, 6) is 12.0. The van der Waals surface area contributed by atoms with E-state index in [2.05, 4.69) is 10.3 Å². The minimum Gasteiger partial charge on any atom is -0.409 e. The van der Waals surface area contributed by atoms with Gasteiger partial charge in [0.1, 0.15) is 5.84 Å². The SMILES string of the molecule is C/C(=N/N)N(N)/C(=N/O)C1CCCCC1. The zero-order chi connectivity index (χ0) is 11.3. The van der Waals surface area contributed by atoms with E-state index in [4.69, 9.17) is 16.9 Å². The molecule has 0 heterocycles. The van der Waals surface area contributed by atoms with E-state index in [0.29, 0.717) is 11.7 Å². The van der Waals surface area contributed by atoms with Crippen molar-refractivity contribution in [2.45, 2.75) is 39.0 Å². The van der Waals surface area contributed by atoms with Gasteiger partial charge in [-0.05, 0) is 19.8 Å². The van der Waals surface area contributed by atoms with Crippen LogP contribution in [-0.4, -0.2) is 21.9 Å². The summed E-state index contributed by atoms with van der Waals surface area (Å²) in [6.07, 6.45) is 5.55. The standard InChI is InChI=1S/C9H19N5O/c1-7(12-10)14(11)9(13-15)8-5-3-2-4-6-8/h8,15H,2-6,10-11H2,1H3/b12-7-,13-9+. The Kier molecular flexibility index (Phi) is 4.36. The average molecular weight is 213 g/mol. The number of hydrazine groups is 1. The second-order valence-electron chi connectivity index (χ2n) is 3.84. The molecule has 0 bridgehead atoms. The van der Waals surface area contributed by atoms with Crippen LogP contribution in [-0.2, 0) is 0 Å². The van der Waals surface area contributed by atoms with Gasteiger partial charge in [0.25, 0.3) is 0 Å². The maximum atomic E-state index is 8.96. The summed E-state index contributed by atoms with van der Waals surface area (Å²) in [5, 5.41) is 17.0. The molecule has 15 heavy (non-hydrogen) atoms. The molecule has 1 saturated carbocycles. The number of hydrogen-bond donors (Lipinski definition) is 3. The second-order valence-corrected chi connectivity index (χ2v) is 3.84. The Balaban J connectivity index is 2.70. The number of hydrogen-bond acceptors (Lipinski definition) is 5. The molecule has 0 aromatic rings. The normalized spacial score (nSPS) is 20.4. The summed E-state index contributed by atoms with van der Waals surface area (Å²) in [6, 6.07) is 0. The summed E-state index contributed by atoms with van der Waals surface area (Å²) in [7, 11) is 0. The van der Waals surface area contributed by atoms with Crippen LogP contribution in [0, 0.1) is 5.92 Å². The first-order valence-corrected chi connectivity index (χ1v) is 5.22. The van der Waals surface area contributed by atoms with E-state index in [1.54, 1.807) is 6.92 Å². The average Bonchev–Trinajstić information content (AvgIpc) is 2.30. The number of nitrogens with two attached hydrogens (primary N) is 2. The molecular formula is C9H19N5O. The van der Waals surface area contributed by atoms with Crippen LogP contribution >= 0.6 is 0 Å². The molecule has 0 saturated heterocycles. The number of amidine groups is 2. The molecule has 0 aromatic carbocycles. The quantitative estimate of drug-likeness (QED) is 0.197. The van der Waals surface area contributed by atoms with E-state index in [9.17, 15) is 0 Å². The van der Waals surface area contributed by atoms with Crippen molar-refractivity contribution < 1.29 is 5.21 Å². The van der Waals surface area contributed by atoms with Gasteiger partial charge in [0.05, 0.1) is 0 Å². The van der Waals surface area contributed by atoms with E-state index in [-0.39, 0.29) is 5.92 Å². The number of rotatable bonds is 1. The number of hydrazone groups is 1. The molecule has 0 unspecified atom stereocenters. The van der Waals surface area contributed by atoms with E-state index in [0.717, 1.165) is 25.7 Å². The van der Waals surface area contributed by atoms with Crippen molar-refractivity contribution in [1.29, 1.82) is 0 Å². The third-order valence-electron chi connectivity index (χ3n) is 2.86. The molecule has 0 amide bonds. The molecule has 0 spiro atoms. The second kappa shape index (κ2) is 5.55. The van der Waals surface area contributed by atoms with Crippen molar-refractivity contribution in [2.75, 3.05) is 0 Å². The largest absolute Gasteiger partial charge is 0.409 e. The lowest BCUT2D eigenvalue weighted by molar-refractivity contribution is 0.296. The summed E-state index contributed by atoms with van der Waals surface area (Å²) >= 11 is 0. The topological polar surface area (TPSA) is 100 Å². The maximum Gasteiger partial charge on any atom is 0.167 e. The highest BCUT2D eigenvalue weighted by atomic mass is 16.4. The smallest absolute Gasteiger partial charge is 0.167 e. The summed E-state index contributed by atoms with van der Waals surface area (Å²) in [5.41, 5.74) is 0. The molecule has 1 aliphatic rings. The Labute approximate surface area is 89.6 Å². The predicted octanol–water partition coefficient (Wildman–Crippen LogP) is 0.822. The Hall–Kier alpha value is -1.30. The first-order chi connectivity index (χ1) is 7.20. The molecule has 1 fully saturated rings. The van der Waals surface area contributed by atoms with Crippen LogP contribution in [0.15, 0.2) is 10.3 Å². The first-order valence-electron chi connectivity index (χ1n) is 5.22. The molecule has 0 aliphatic heterocycles. The highest BCUT2D eigenvalue weighted by molar-refractivity contribution is 5.99. The van der Waals surface area contributed by atoms with E-state index in [1.165, 1.54) is 11.4 Å². The fourth-order valence-corrected chi connectivity index (χ4v) is 1.92. The van der Waals surface area contributed by atoms with Gasteiger partial charge in [-0.15, -0.1) is 0 Å². The Morgan fingerprint density at radius 3 is 2.40 bits per heavy atom. The third-order valence-corrected chi connectivity index (χ3v) is 2.86. The minimum atomic E-state index is 0.213. The van der Waals surface area contributed by atoms with Gasteiger partial charge in [0.2, 0.25) is 0 Å². The Morgan fingerprint density at radius 1 is 1.33 bits per heavy atom. The van der Waals surface area contributed by atoms with Gasteiger partial charge in [-0.25, -0.2) is 10.9 Å². The molecule has 0 aromatic heterocycles. The van der Waals surface area contributed by atoms with Gasteiger partial charge in [-0.2, -0.15) is 5.10 Å². The fourth-order valence-electron chi connectivity index (χ4n) is 1.92. The van der Waals surface area contributed by atoms with Crippen molar-refractivity contribution in [3.05, 3.63) is 0 Å². The predicted molar refractivity (Wildman–Crippen MR) is 59.1 cm³/mol. The lowest BCUT2D eigenvalue weighted by Crippen LogP contribution is -2.45. The van der Waals surface area contributed by atoms with E-state index < -0.39 is 0 Å². The van der Waals surface area contributed by atoms with Crippen LogP contribution in [0.2, 0.25) is 0 Å². The molecule has 6 nitrogen and oxygen atoms in total. The maximum absolute atomic E-state index is 8.96. The van der Waals surface area contributed by atoms with Crippen LogP contribution in [0.1, 0.15) is 39.0 Å².